The molecule has 9 nitrogen and oxygen atoms in total. The molecule has 2 fully saturated rings. The Kier molecular flexibility index (Phi) is 10.1. The Morgan fingerprint density at radius 3 is 1.81 bits per heavy atom. The van der Waals surface area contributed by atoms with Crippen LogP contribution in [0.15, 0.2) is 12.1 Å². The average Bonchev–Trinajstić information content (AvgIpc) is 2.80. The molecule has 1 aliphatic carbocycles. The van der Waals surface area contributed by atoms with Gasteiger partial charge in [0.05, 0.1) is 21.3 Å². The van der Waals surface area contributed by atoms with Crippen LogP contribution in [0.2, 0.25) is 0 Å². The molecule has 0 spiro atoms. The normalized spacial score (nSPS) is 21.8. The van der Waals surface area contributed by atoms with Gasteiger partial charge in [-0.2, -0.15) is 0 Å². The zero-order valence-corrected chi connectivity index (χ0v) is 19.5. The molecule has 0 atom stereocenters. The molecule has 180 valence electrons. The van der Waals surface area contributed by atoms with E-state index in [0.717, 1.165) is 48.7 Å². The molecule has 0 bridgehead atoms. The first-order valence-electron chi connectivity index (χ1n) is 11.0. The highest BCUT2D eigenvalue weighted by Gasteiger charge is 2.27. The molecule has 2 N–H and O–H groups in total. The lowest BCUT2D eigenvalue weighted by molar-refractivity contribution is -0.159. The fraction of sp³-hybridized carbons (Fsp3) is 0.652. The summed E-state index contributed by atoms with van der Waals surface area (Å²) in [4.78, 5) is 23.4. The number of hydrogen-bond donors (Lipinski definition) is 2. The van der Waals surface area contributed by atoms with Crippen LogP contribution < -0.4 is 14.2 Å². The quantitative estimate of drug-likeness (QED) is 0.630. The number of aliphatic carboxylic acids is 2. The molecule has 1 aromatic carbocycles. The van der Waals surface area contributed by atoms with Crippen LogP contribution in [0.1, 0.15) is 38.2 Å². The second-order valence-electron chi connectivity index (χ2n) is 8.36. The molecule has 1 saturated carbocycles. The SMILES string of the molecule is COc1cc(OC)c(OC)cc1CN1CCN(C2CCC(C)CC2)CC1.O=C(O)C(=O)O. The van der Waals surface area contributed by atoms with E-state index in [1.807, 2.05) is 12.1 Å². The van der Waals surface area contributed by atoms with E-state index in [1.54, 1.807) is 21.3 Å². The number of ether oxygens (including phenoxy) is 3. The van der Waals surface area contributed by atoms with Crippen LogP contribution in [-0.2, 0) is 16.1 Å². The van der Waals surface area contributed by atoms with Crippen molar-refractivity contribution in [3.63, 3.8) is 0 Å². The Morgan fingerprint density at radius 2 is 1.34 bits per heavy atom. The smallest absolute Gasteiger partial charge is 0.414 e. The van der Waals surface area contributed by atoms with Crippen molar-refractivity contribution in [1.82, 2.24) is 9.80 Å². The number of carboxylic acid groups (broad SMARTS) is 2. The molecular weight excluding hydrogens is 416 g/mol. The molecule has 32 heavy (non-hydrogen) atoms. The van der Waals surface area contributed by atoms with Crippen molar-refractivity contribution in [2.24, 2.45) is 5.92 Å². The number of rotatable bonds is 6. The molecule has 1 heterocycles. The number of nitrogens with zero attached hydrogens (tertiary/aromatic N) is 2. The minimum absolute atomic E-state index is 0.712. The van der Waals surface area contributed by atoms with Gasteiger partial charge >= 0.3 is 11.9 Å². The maximum atomic E-state index is 9.10. The lowest BCUT2D eigenvalue weighted by Gasteiger charge is -2.41. The Hall–Kier alpha value is -2.52. The number of benzene rings is 1. The minimum atomic E-state index is -1.82. The van der Waals surface area contributed by atoms with Gasteiger partial charge in [-0.25, -0.2) is 9.59 Å². The van der Waals surface area contributed by atoms with E-state index < -0.39 is 11.9 Å². The summed E-state index contributed by atoms with van der Waals surface area (Å²) >= 11 is 0. The first-order chi connectivity index (χ1) is 15.3. The molecule has 2 aliphatic rings. The van der Waals surface area contributed by atoms with Crippen molar-refractivity contribution in [3.05, 3.63) is 17.7 Å². The maximum Gasteiger partial charge on any atom is 0.414 e. The van der Waals surface area contributed by atoms with Crippen molar-refractivity contribution in [1.29, 1.82) is 0 Å². The van der Waals surface area contributed by atoms with Gasteiger partial charge in [-0.05, 0) is 37.7 Å². The van der Waals surface area contributed by atoms with Crippen molar-refractivity contribution in [3.8, 4) is 17.2 Å². The second kappa shape index (κ2) is 12.5. The third kappa shape index (κ3) is 7.27. The number of carboxylic acids is 2. The topological polar surface area (TPSA) is 109 Å². The largest absolute Gasteiger partial charge is 0.496 e. The summed E-state index contributed by atoms with van der Waals surface area (Å²) in [6, 6.07) is 4.78. The molecule has 1 aliphatic heterocycles. The summed E-state index contributed by atoms with van der Waals surface area (Å²) < 4.78 is 16.4. The Balaban J connectivity index is 0.000000534. The maximum absolute atomic E-state index is 9.10. The Bertz CT molecular complexity index is 743. The highest BCUT2D eigenvalue weighted by atomic mass is 16.5. The first-order valence-corrected chi connectivity index (χ1v) is 11.0. The third-order valence-electron chi connectivity index (χ3n) is 6.27. The lowest BCUT2D eigenvalue weighted by atomic mass is 9.86. The standard InChI is InChI=1S/C21H34N2O3.C2H2O4/c1-16-5-7-18(8-6-16)23-11-9-22(10-12-23)15-17-13-20(25-3)21(26-4)14-19(17)24-2;3-1(4)2(5)6/h13-14,16,18H,5-12,15H2,1-4H3;(H,3,4)(H,5,6). The van der Waals surface area contributed by atoms with E-state index in [0.29, 0.717) is 5.75 Å². The molecule has 0 unspecified atom stereocenters. The van der Waals surface area contributed by atoms with Gasteiger partial charge in [0.15, 0.2) is 11.5 Å². The van der Waals surface area contributed by atoms with Crippen LogP contribution in [0.3, 0.4) is 0 Å². The molecule has 1 saturated heterocycles. The fourth-order valence-electron chi connectivity index (χ4n) is 4.35. The van der Waals surface area contributed by atoms with E-state index in [-0.39, 0.29) is 0 Å². The van der Waals surface area contributed by atoms with Crippen molar-refractivity contribution in [2.45, 2.75) is 45.2 Å². The van der Waals surface area contributed by atoms with Gasteiger partial charge in [0.2, 0.25) is 0 Å². The molecule has 0 radical (unpaired) electrons. The van der Waals surface area contributed by atoms with Crippen LogP contribution in [0, 0.1) is 5.92 Å². The third-order valence-corrected chi connectivity index (χ3v) is 6.27. The zero-order valence-electron chi connectivity index (χ0n) is 19.5. The van der Waals surface area contributed by atoms with Crippen LogP contribution in [0.5, 0.6) is 17.2 Å². The number of piperazine rings is 1. The second-order valence-corrected chi connectivity index (χ2v) is 8.36. The monoisotopic (exact) mass is 452 g/mol. The van der Waals surface area contributed by atoms with Crippen LogP contribution in [-0.4, -0.2) is 85.5 Å². The minimum Gasteiger partial charge on any atom is -0.496 e. The van der Waals surface area contributed by atoms with E-state index >= 15 is 0 Å². The summed E-state index contributed by atoms with van der Waals surface area (Å²) in [6.07, 6.45) is 5.55. The van der Waals surface area contributed by atoms with Gasteiger partial charge in [0.25, 0.3) is 0 Å². The van der Waals surface area contributed by atoms with E-state index in [4.69, 9.17) is 34.0 Å². The molecule has 9 heteroatoms. The van der Waals surface area contributed by atoms with E-state index in [1.165, 1.54) is 38.8 Å². The van der Waals surface area contributed by atoms with Crippen LogP contribution in [0.4, 0.5) is 0 Å². The molecular formula is C23H36N2O7. The molecule has 0 aromatic heterocycles. The Morgan fingerprint density at radius 1 is 0.844 bits per heavy atom. The Labute approximate surface area is 189 Å². The van der Waals surface area contributed by atoms with Crippen molar-refractivity contribution < 1.29 is 34.0 Å². The van der Waals surface area contributed by atoms with Gasteiger partial charge in [0, 0.05) is 50.4 Å². The lowest BCUT2D eigenvalue weighted by Crippen LogP contribution is -2.50. The zero-order chi connectivity index (χ0) is 23.7. The van der Waals surface area contributed by atoms with E-state index in [2.05, 4.69) is 16.7 Å². The van der Waals surface area contributed by atoms with Crippen molar-refractivity contribution >= 4 is 11.9 Å². The van der Waals surface area contributed by atoms with Crippen LogP contribution >= 0.6 is 0 Å². The van der Waals surface area contributed by atoms with Gasteiger partial charge in [0.1, 0.15) is 5.75 Å². The predicted molar refractivity (Wildman–Crippen MR) is 120 cm³/mol. The van der Waals surface area contributed by atoms with Gasteiger partial charge in [-0.3, -0.25) is 9.80 Å². The van der Waals surface area contributed by atoms with Crippen LogP contribution in [0.25, 0.3) is 0 Å². The average molecular weight is 453 g/mol. The fourth-order valence-corrected chi connectivity index (χ4v) is 4.35. The van der Waals surface area contributed by atoms with Gasteiger partial charge in [-0.1, -0.05) is 6.92 Å². The summed E-state index contributed by atoms with van der Waals surface area (Å²) in [5.74, 6) is -0.385. The molecule has 1 aromatic rings. The molecule has 3 rings (SSSR count). The summed E-state index contributed by atoms with van der Waals surface area (Å²) in [5, 5.41) is 14.8. The number of methoxy groups -OCH3 is 3. The van der Waals surface area contributed by atoms with Gasteiger partial charge < -0.3 is 24.4 Å². The summed E-state index contributed by atoms with van der Waals surface area (Å²) in [7, 11) is 5.05. The highest BCUT2D eigenvalue weighted by molar-refractivity contribution is 6.27. The highest BCUT2D eigenvalue weighted by Crippen LogP contribution is 2.35. The summed E-state index contributed by atoms with van der Waals surface area (Å²) in [6.45, 7) is 7.86. The van der Waals surface area contributed by atoms with E-state index in [9.17, 15) is 0 Å². The number of hydrogen-bond acceptors (Lipinski definition) is 7. The molecule has 0 amide bonds. The first kappa shape index (κ1) is 25.7. The predicted octanol–water partition coefficient (Wildman–Crippen LogP) is 2.56. The van der Waals surface area contributed by atoms with Crippen molar-refractivity contribution in [2.75, 3.05) is 47.5 Å². The van der Waals surface area contributed by atoms with Gasteiger partial charge in [-0.15, -0.1) is 0 Å². The summed E-state index contributed by atoms with van der Waals surface area (Å²) in [5.41, 5.74) is 1.16. The number of carbonyl (C=O) groups is 2.